The Labute approximate surface area is 192 Å². The number of aromatic nitrogens is 2. The molecule has 168 valence electrons. The summed E-state index contributed by atoms with van der Waals surface area (Å²) in [5, 5.41) is 2.75. The van der Waals surface area contributed by atoms with Crippen molar-refractivity contribution in [2.45, 2.75) is 45.1 Å². The number of hydrogen-bond donors (Lipinski definition) is 1. The molecule has 1 amide bonds. The maximum absolute atomic E-state index is 13.2. The number of amides is 1. The highest BCUT2D eigenvalue weighted by molar-refractivity contribution is 6.02. The monoisotopic (exact) mass is 443 g/mol. The number of benzene rings is 2. The maximum Gasteiger partial charge on any atom is 0.291 e. The number of furan rings is 1. The largest absolute Gasteiger partial charge is 0.449 e. The summed E-state index contributed by atoms with van der Waals surface area (Å²) in [6.45, 7) is 2.06. The van der Waals surface area contributed by atoms with Gasteiger partial charge in [-0.05, 0) is 56.2 Å². The number of carbonyl (C=O) groups is 1. The molecule has 0 spiro atoms. The predicted molar refractivity (Wildman–Crippen MR) is 127 cm³/mol. The van der Waals surface area contributed by atoms with Crippen molar-refractivity contribution in [3.63, 3.8) is 0 Å². The van der Waals surface area contributed by atoms with Gasteiger partial charge in [-0.15, -0.1) is 0 Å². The van der Waals surface area contributed by atoms with Gasteiger partial charge in [0, 0.05) is 17.3 Å². The van der Waals surface area contributed by atoms with Crippen LogP contribution in [-0.2, 0) is 0 Å². The van der Waals surface area contributed by atoms with Gasteiger partial charge in [0.2, 0.25) is 0 Å². The first-order valence-corrected chi connectivity index (χ1v) is 11.4. The van der Waals surface area contributed by atoms with Crippen molar-refractivity contribution >= 4 is 11.6 Å². The van der Waals surface area contributed by atoms with Crippen molar-refractivity contribution in [3.8, 4) is 22.7 Å². The molecule has 5 nitrogen and oxygen atoms in total. The molecule has 1 aliphatic rings. The third kappa shape index (κ3) is 4.46. The van der Waals surface area contributed by atoms with Gasteiger partial charge in [0.1, 0.15) is 11.5 Å². The molecule has 6 heteroatoms. The van der Waals surface area contributed by atoms with Crippen LogP contribution in [0.15, 0.2) is 71.4 Å². The molecular formula is C27H26FN3O2. The summed E-state index contributed by atoms with van der Waals surface area (Å²) < 4.78 is 21.4. The predicted octanol–water partition coefficient (Wildman–Crippen LogP) is 7.02. The van der Waals surface area contributed by atoms with Gasteiger partial charge in [-0.2, -0.15) is 0 Å². The van der Waals surface area contributed by atoms with Gasteiger partial charge in [-0.25, -0.2) is 9.37 Å². The number of rotatable bonds is 5. The van der Waals surface area contributed by atoms with E-state index in [1.807, 2.05) is 12.4 Å². The zero-order valence-electron chi connectivity index (χ0n) is 18.6. The Morgan fingerprint density at radius 2 is 1.73 bits per heavy atom. The quantitative estimate of drug-likeness (QED) is 0.361. The van der Waals surface area contributed by atoms with E-state index in [0.717, 1.165) is 29.8 Å². The average molecular weight is 444 g/mol. The second kappa shape index (κ2) is 9.06. The SMILES string of the molecule is Cc1ccc(-c2ncn(C3CCCCC3)c2-c2ccc(C(=O)Nc3ccc(F)cc3)o2)cc1. The number of aryl methyl sites for hydroxylation is 1. The van der Waals surface area contributed by atoms with Gasteiger partial charge >= 0.3 is 0 Å². The maximum atomic E-state index is 13.2. The van der Waals surface area contributed by atoms with Crippen LogP contribution in [0.3, 0.4) is 0 Å². The Balaban J connectivity index is 1.50. The molecule has 33 heavy (non-hydrogen) atoms. The van der Waals surface area contributed by atoms with E-state index in [1.54, 1.807) is 6.07 Å². The summed E-state index contributed by atoms with van der Waals surface area (Å²) in [5.41, 5.74) is 4.45. The summed E-state index contributed by atoms with van der Waals surface area (Å²) >= 11 is 0. The fourth-order valence-electron chi connectivity index (χ4n) is 4.48. The number of carbonyl (C=O) groups excluding carboxylic acids is 1. The molecule has 2 heterocycles. The van der Waals surface area contributed by atoms with Crippen molar-refractivity contribution in [1.82, 2.24) is 9.55 Å². The zero-order valence-corrected chi connectivity index (χ0v) is 18.6. The topological polar surface area (TPSA) is 60.1 Å². The molecule has 0 atom stereocenters. The van der Waals surface area contributed by atoms with E-state index in [1.165, 1.54) is 49.1 Å². The van der Waals surface area contributed by atoms with Crippen LogP contribution in [0.5, 0.6) is 0 Å². The highest BCUT2D eigenvalue weighted by atomic mass is 19.1. The standard InChI is InChI=1S/C27H26FN3O2/c1-18-7-9-19(10-8-18)25-26(31(17-29-25)22-5-3-2-4-6-22)23-15-16-24(33-23)27(32)30-21-13-11-20(28)12-14-21/h7-17,22H,2-6H2,1H3,(H,30,32). The first-order valence-electron chi connectivity index (χ1n) is 11.4. The number of hydrogen-bond acceptors (Lipinski definition) is 3. The highest BCUT2D eigenvalue weighted by Crippen LogP contribution is 2.38. The lowest BCUT2D eigenvalue weighted by Crippen LogP contribution is -2.13. The molecule has 4 aromatic rings. The molecule has 1 aliphatic carbocycles. The van der Waals surface area contributed by atoms with Gasteiger partial charge in [-0.3, -0.25) is 4.79 Å². The lowest BCUT2D eigenvalue weighted by Gasteiger charge is -2.24. The molecule has 0 aliphatic heterocycles. The summed E-state index contributed by atoms with van der Waals surface area (Å²) in [6.07, 6.45) is 7.78. The number of nitrogens with one attached hydrogen (secondary N) is 1. The first kappa shape index (κ1) is 21.2. The Morgan fingerprint density at radius 3 is 2.45 bits per heavy atom. The van der Waals surface area contributed by atoms with Crippen molar-refractivity contribution in [2.24, 2.45) is 0 Å². The Kier molecular flexibility index (Phi) is 5.82. The molecule has 1 fully saturated rings. The molecule has 0 radical (unpaired) electrons. The number of nitrogens with zero attached hydrogens (tertiary/aromatic N) is 2. The summed E-state index contributed by atoms with van der Waals surface area (Å²) in [6, 6.07) is 17.8. The van der Waals surface area contributed by atoms with Crippen LogP contribution in [0.25, 0.3) is 22.7 Å². The van der Waals surface area contributed by atoms with E-state index in [-0.39, 0.29) is 17.5 Å². The van der Waals surface area contributed by atoms with E-state index in [0.29, 0.717) is 17.5 Å². The second-order valence-electron chi connectivity index (χ2n) is 8.63. The zero-order chi connectivity index (χ0) is 22.8. The molecule has 0 saturated heterocycles. The van der Waals surface area contributed by atoms with E-state index < -0.39 is 0 Å². The smallest absolute Gasteiger partial charge is 0.291 e. The highest BCUT2D eigenvalue weighted by Gasteiger charge is 2.25. The summed E-state index contributed by atoms with van der Waals surface area (Å²) in [4.78, 5) is 17.5. The molecule has 0 unspecified atom stereocenters. The minimum absolute atomic E-state index is 0.195. The fraction of sp³-hybridized carbons (Fsp3) is 0.259. The lowest BCUT2D eigenvalue weighted by molar-refractivity contribution is 0.0997. The molecule has 2 aromatic heterocycles. The van der Waals surface area contributed by atoms with Crippen molar-refractivity contribution in [3.05, 3.63) is 84.1 Å². The van der Waals surface area contributed by atoms with Crippen LogP contribution in [0.1, 0.15) is 54.3 Å². The van der Waals surface area contributed by atoms with Crippen molar-refractivity contribution < 1.29 is 13.6 Å². The van der Waals surface area contributed by atoms with Gasteiger partial charge in [0.25, 0.3) is 5.91 Å². The van der Waals surface area contributed by atoms with Crippen LogP contribution < -0.4 is 5.32 Å². The van der Waals surface area contributed by atoms with Crippen LogP contribution in [0.4, 0.5) is 10.1 Å². The number of imidazole rings is 1. The molecule has 1 saturated carbocycles. The number of anilines is 1. The third-order valence-corrected chi connectivity index (χ3v) is 6.25. The molecule has 2 aromatic carbocycles. The lowest BCUT2D eigenvalue weighted by atomic mass is 9.95. The summed E-state index contributed by atoms with van der Waals surface area (Å²) in [7, 11) is 0. The van der Waals surface area contributed by atoms with Crippen LogP contribution in [0, 0.1) is 12.7 Å². The minimum atomic E-state index is -0.381. The third-order valence-electron chi connectivity index (χ3n) is 6.25. The van der Waals surface area contributed by atoms with Gasteiger partial charge in [0.05, 0.1) is 12.0 Å². The average Bonchev–Trinajstić information content (AvgIpc) is 3.49. The fourth-order valence-corrected chi connectivity index (χ4v) is 4.48. The van der Waals surface area contributed by atoms with Gasteiger partial charge < -0.3 is 14.3 Å². The van der Waals surface area contributed by atoms with E-state index in [9.17, 15) is 9.18 Å². The Hall–Kier alpha value is -3.67. The van der Waals surface area contributed by atoms with E-state index >= 15 is 0 Å². The molecule has 1 N–H and O–H groups in total. The van der Waals surface area contributed by atoms with Crippen molar-refractivity contribution in [2.75, 3.05) is 5.32 Å². The molecule has 0 bridgehead atoms. The number of halogens is 1. The van der Waals surface area contributed by atoms with E-state index in [4.69, 9.17) is 9.40 Å². The summed E-state index contributed by atoms with van der Waals surface area (Å²) in [5.74, 6) is 0.0693. The first-order chi connectivity index (χ1) is 16.1. The Bertz CT molecular complexity index is 1250. The molecular weight excluding hydrogens is 417 g/mol. The second-order valence-corrected chi connectivity index (χ2v) is 8.63. The van der Waals surface area contributed by atoms with Crippen molar-refractivity contribution in [1.29, 1.82) is 0 Å². The minimum Gasteiger partial charge on any atom is -0.449 e. The van der Waals surface area contributed by atoms with Gasteiger partial charge in [-0.1, -0.05) is 49.1 Å². The normalized spacial score (nSPS) is 14.4. The van der Waals surface area contributed by atoms with E-state index in [2.05, 4.69) is 41.1 Å². The molecule has 5 rings (SSSR count). The van der Waals surface area contributed by atoms with Crippen LogP contribution in [-0.4, -0.2) is 15.5 Å². The van der Waals surface area contributed by atoms with Crippen LogP contribution >= 0.6 is 0 Å². The van der Waals surface area contributed by atoms with Crippen LogP contribution in [0.2, 0.25) is 0 Å². The Morgan fingerprint density at radius 1 is 1.00 bits per heavy atom. The van der Waals surface area contributed by atoms with Gasteiger partial charge in [0.15, 0.2) is 11.5 Å².